The normalized spacial score (nSPS) is 19.1. The van der Waals surface area contributed by atoms with Gasteiger partial charge in [0.05, 0.1) is 10.7 Å². The second kappa shape index (κ2) is 6.06. The van der Waals surface area contributed by atoms with Gasteiger partial charge in [-0.15, -0.1) is 0 Å². The number of nitrogens with zero attached hydrogens (tertiary/aromatic N) is 2. The van der Waals surface area contributed by atoms with Gasteiger partial charge in [0.15, 0.2) is 0 Å². The zero-order valence-electron chi connectivity index (χ0n) is 11.0. The first kappa shape index (κ1) is 13.9. The summed E-state index contributed by atoms with van der Waals surface area (Å²) in [5, 5.41) is 3.27. The molecule has 0 unspecified atom stereocenters. The first-order chi connectivity index (χ1) is 9.06. The average molecular weight is 280 g/mol. The van der Waals surface area contributed by atoms with Gasteiger partial charge in [0.2, 0.25) is 0 Å². The van der Waals surface area contributed by atoms with Gasteiger partial charge in [0.1, 0.15) is 5.82 Å². The van der Waals surface area contributed by atoms with Crippen LogP contribution in [0, 0.1) is 5.92 Å². The Balaban J connectivity index is 1.95. The fourth-order valence-electron chi connectivity index (χ4n) is 2.22. The van der Waals surface area contributed by atoms with E-state index < -0.39 is 0 Å². The summed E-state index contributed by atoms with van der Waals surface area (Å²) in [4.78, 5) is 18.2. The summed E-state index contributed by atoms with van der Waals surface area (Å²) in [6.45, 7) is 7.86. The summed E-state index contributed by atoms with van der Waals surface area (Å²) in [6, 6.07) is 3.36. The molecular weight excluding hydrogens is 262 g/mol. The number of hydrogen-bond donors (Lipinski definition) is 1. The SMILES string of the molecule is C=C(C(=O)Nc1ccc(Cl)cn1)N1CCC[C@H](C)C1. The number of amides is 1. The molecule has 0 bridgehead atoms. The summed E-state index contributed by atoms with van der Waals surface area (Å²) in [6.07, 6.45) is 3.82. The molecule has 1 aromatic heterocycles. The maximum Gasteiger partial charge on any atom is 0.272 e. The van der Waals surface area contributed by atoms with Crippen LogP contribution >= 0.6 is 11.6 Å². The van der Waals surface area contributed by atoms with Gasteiger partial charge in [-0.2, -0.15) is 0 Å². The molecule has 1 atom stereocenters. The van der Waals surface area contributed by atoms with Gasteiger partial charge >= 0.3 is 0 Å². The predicted molar refractivity (Wildman–Crippen MR) is 77.0 cm³/mol. The summed E-state index contributed by atoms with van der Waals surface area (Å²) in [7, 11) is 0. The lowest BCUT2D eigenvalue weighted by atomic mass is 10.00. The van der Waals surface area contributed by atoms with Crippen LogP contribution in [0.1, 0.15) is 19.8 Å². The number of aromatic nitrogens is 1. The molecular formula is C14H18ClN3O. The second-order valence-electron chi connectivity index (χ2n) is 4.96. The van der Waals surface area contributed by atoms with Crippen molar-refractivity contribution in [3.05, 3.63) is 35.6 Å². The van der Waals surface area contributed by atoms with Crippen LogP contribution in [0.25, 0.3) is 0 Å². The first-order valence-electron chi connectivity index (χ1n) is 6.43. The third kappa shape index (κ3) is 3.70. The van der Waals surface area contributed by atoms with E-state index in [-0.39, 0.29) is 5.91 Å². The van der Waals surface area contributed by atoms with Crippen LogP contribution < -0.4 is 5.32 Å². The van der Waals surface area contributed by atoms with Crippen molar-refractivity contribution >= 4 is 23.3 Å². The zero-order valence-corrected chi connectivity index (χ0v) is 11.8. The van der Waals surface area contributed by atoms with E-state index in [1.165, 1.54) is 12.6 Å². The Morgan fingerprint density at radius 1 is 1.58 bits per heavy atom. The van der Waals surface area contributed by atoms with Crippen molar-refractivity contribution < 1.29 is 4.79 Å². The number of likely N-dealkylation sites (tertiary alicyclic amines) is 1. The van der Waals surface area contributed by atoms with Crippen LogP contribution in [0.5, 0.6) is 0 Å². The van der Waals surface area contributed by atoms with E-state index in [0.29, 0.717) is 22.5 Å². The van der Waals surface area contributed by atoms with Gasteiger partial charge in [-0.1, -0.05) is 25.1 Å². The van der Waals surface area contributed by atoms with E-state index in [0.717, 1.165) is 19.5 Å². The highest BCUT2D eigenvalue weighted by molar-refractivity contribution is 6.30. The molecule has 1 amide bonds. The molecule has 0 saturated carbocycles. The van der Waals surface area contributed by atoms with Crippen molar-refractivity contribution in [3.63, 3.8) is 0 Å². The Morgan fingerprint density at radius 3 is 3.00 bits per heavy atom. The quantitative estimate of drug-likeness (QED) is 0.866. The fraction of sp³-hybridized carbons (Fsp3) is 0.429. The van der Waals surface area contributed by atoms with Gasteiger partial charge in [-0.05, 0) is 30.9 Å². The van der Waals surface area contributed by atoms with E-state index in [1.807, 2.05) is 4.90 Å². The fourth-order valence-corrected chi connectivity index (χ4v) is 2.33. The summed E-state index contributed by atoms with van der Waals surface area (Å²) >= 11 is 5.75. The number of anilines is 1. The second-order valence-corrected chi connectivity index (χ2v) is 5.39. The molecule has 102 valence electrons. The summed E-state index contributed by atoms with van der Waals surface area (Å²) in [5.74, 6) is 0.886. The standard InChI is InChI=1S/C14H18ClN3O/c1-10-4-3-7-18(9-10)11(2)14(19)17-13-6-5-12(15)8-16-13/h5-6,8,10H,2-4,7,9H2,1H3,(H,16,17,19)/t10-/m0/s1. The Morgan fingerprint density at radius 2 is 2.37 bits per heavy atom. The van der Waals surface area contributed by atoms with Crippen molar-refractivity contribution in [3.8, 4) is 0 Å². The van der Waals surface area contributed by atoms with Crippen molar-refractivity contribution in [2.24, 2.45) is 5.92 Å². The van der Waals surface area contributed by atoms with Gasteiger partial charge < -0.3 is 10.2 Å². The smallest absolute Gasteiger partial charge is 0.272 e. The lowest BCUT2D eigenvalue weighted by molar-refractivity contribution is -0.114. The van der Waals surface area contributed by atoms with Gasteiger partial charge in [-0.25, -0.2) is 4.98 Å². The maximum atomic E-state index is 12.1. The highest BCUT2D eigenvalue weighted by Crippen LogP contribution is 2.19. The van der Waals surface area contributed by atoms with Gasteiger partial charge in [-0.3, -0.25) is 4.79 Å². The molecule has 1 N–H and O–H groups in total. The molecule has 1 saturated heterocycles. The number of hydrogen-bond acceptors (Lipinski definition) is 3. The Labute approximate surface area is 118 Å². The van der Waals surface area contributed by atoms with Crippen molar-refractivity contribution in [1.82, 2.24) is 9.88 Å². The number of pyridine rings is 1. The molecule has 2 heterocycles. The third-order valence-corrected chi connectivity index (χ3v) is 3.49. The largest absolute Gasteiger partial charge is 0.367 e. The number of carbonyl (C=O) groups is 1. The van der Waals surface area contributed by atoms with Crippen LogP contribution in [0.15, 0.2) is 30.6 Å². The van der Waals surface area contributed by atoms with Crippen LogP contribution in [-0.4, -0.2) is 28.9 Å². The molecule has 1 aromatic rings. The number of nitrogens with one attached hydrogen (secondary N) is 1. The highest BCUT2D eigenvalue weighted by atomic mass is 35.5. The monoisotopic (exact) mass is 279 g/mol. The van der Waals surface area contributed by atoms with Crippen LogP contribution in [0.2, 0.25) is 5.02 Å². The Bertz CT molecular complexity index is 472. The van der Waals surface area contributed by atoms with E-state index >= 15 is 0 Å². The van der Waals surface area contributed by atoms with Crippen molar-refractivity contribution in [1.29, 1.82) is 0 Å². The molecule has 1 aliphatic heterocycles. The molecule has 0 radical (unpaired) electrons. The van der Waals surface area contributed by atoms with Crippen LogP contribution in [-0.2, 0) is 4.79 Å². The summed E-state index contributed by atoms with van der Waals surface area (Å²) < 4.78 is 0. The molecule has 0 aliphatic carbocycles. The van der Waals surface area contributed by atoms with Gasteiger partial charge in [0, 0.05) is 19.3 Å². The molecule has 4 nitrogen and oxygen atoms in total. The average Bonchev–Trinajstić information content (AvgIpc) is 2.40. The van der Waals surface area contributed by atoms with Crippen LogP contribution in [0.3, 0.4) is 0 Å². The predicted octanol–water partition coefficient (Wildman–Crippen LogP) is 2.92. The molecule has 0 aromatic carbocycles. The topological polar surface area (TPSA) is 45.2 Å². The lowest BCUT2D eigenvalue weighted by Gasteiger charge is -2.33. The molecule has 1 aliphatic rings. The lowest BCUT2D eigenvalue weighted by Crippen LogP contribution is -2.37. The third-order valence-electron chi connectivity index (χ3n) is 3.27. The molecule has 5 heteroatoms. The van der Waals surface area contributed by atoms with Crippen molar-refractivity contribution in [2.75, 3.05) is 18.4 Å². The number of halogens is 1. The van der Waals surface area contributed by atoms with E-state index in [9.17, 15) is 4.79 Å². The molecule has 1 fully saturated rings. The van der Waals surface area contributed by atoms with Crippen molar-refractivity contribution in [2.45, 2.75) is 19.8 Å². The molecule has 0 spiro atoms. The zero-order chi connectivity index (χ0) is 13.8. The molecule has 2 rings (SSSR count). The number of rotatable bonds is 3. The summed E-state index contributed by atoms with van der Waals surface area (Å²) in [5.41, 5.74) is 0.503. The van der Waals surface area contributed by atoms with Crippen LogP contribution in [0.4, 0.5) is 5.82 Å². The minimum atomic E-state index is -0.205. The minimum absolute atomic E-state index is 0.205. The molecule has 19 heavy (non-hydrogen) atoms. The highest BCUT2D eigenvalue weighted by Gasteiger charge is 2.21. The van der Waals surface area contributed by atoms with E-state index in [1.54, 1.807) is 12.1 Å². The Hall–Kier alpha value is -1.55. The van der Waals surface area contributed by atoms with E-state index in [4.69, 9.17) is 11.6 Å². The Kier molecular flexibility index (Phi) is 4.43. The minimum Gasteiger partial charge on any atom is -0.367 e. The maximum absolute atomic E-state index is 12.1. The first-order valence-corrected chi connectivity index (χ1v) is 6.81. The van der Waals surface area contributed by atoms with E-state index in [2.05, 4.69) is 23.8 Å². The van der Waals surface area contributed by atoms with Gasteiger partial charge in [0.25, 0.3) is 5.91 Å². The number of piperidine rings is 1. The number of carbonyl (C=O) groups excluding carboxylic acids is 1.